The van der Waals surface area contributed by atoms with E-state index in [-0.39, 0.29) is 0 Å². The van der Waals surface area contributed by atoms with Crippen molar-refractivity contribution in [2.45, 2.75) is 0 Å². The summed E-state index contributed by atoms with van der Waals surface area (Å²) >= 11 is 5.90. The number of aromatic nitrogens is 3. The van der Waals surface area contributed by atoms with Crippen molar-refractivity contribution >= 4 is 56.5 Å². The van der Waals surface area contributed by atoms with Gasteiger partial charge < -0.3 is 0 Å². The largest absolute Gasteiger partial charge is 0.250 e. The van der Waals surface area contributed by atoms with Crippen LogP contribution in [0.3, 0.4) is 0 Å². The van der Waals surface area contributed by atoms with Crippen LogP contribution >= 0.6 is 56.5 Å². The average molecular weight is 415 g/mol. The van der Waals surface area contributed by atoms with Crippen molar-refractivity contribution in [3.8, 4) is 10.6 Å². The van der Waals surface area contributed by atoms with E-state index < -0.39 is 0 Å². The van der Waals surface area contributed by atoms with Gasteiger partial charge in [0.25, 0.3) is 0 Å². The maximum atomic E-state index is 4.19. The van der Waals surface area contributed by atoms with E-state index in [1.807, 2.05) is 18.3 Å². The van der Waals surface area contributed by atoms with E-state index in [0.717, 1.165) is 17.3 Å². The fourth-order valence-corrected chi connectivity index (χ4v) is 2.44. The van der Waals surface area contributed by atoms with Crippen molar-refractivity contribution in [3.63, 3.8) is 0 Å². The Hall–Kier alpha value is 0.170. The fourth-order valence-electron chi connectivity index (χ4n) is 0.824. The van der Waals surface area contributed by atoms with Crippen LogP contribution in [0.2, 0.25) is 0 Å². The van der Waals surface area contributed by atoms with Crippen molar-refractivity contribution in [2.24, 2.45) is 0 Å². The molecule has 6 heteroatoms. The van der Waals surface area contributed by atoms with Gasteiger partial charge in [0.1, 0.15) is 8.71 Å². The summed E-state index contributed by atoms with van der Waals surface area (Å²) in [5.74, 6) is 0. The van der Waals surface area contributed by atoms with Crippen LogP contribution in [0.4, 0.5) is 0 Å². The number of halogens is 2. The third-order valence-electron chi connectivity index (χ3n) is 1.37. The van der Waals surface area contributed by atoms with Gasteiger partial charge in [-0.15, -0.1) is 10.2 Å². The standard InChI is InChI=1S/C7H3I2N3S/c8-5-2-1-4(3-10-5)6-11-12-7(9)13-6/h1-3H. The minimum Gasteiger partial charge on any atom is -0.250 e. The van der Waals surface area contributed by atoms with E-state index >= 15 is 0 Å². The van der Waals surface area contributed by atoms with E-state index in [1.165, 1.54) is 0 Å². The van der Waals surface area contributed by atoms with Crippen LogP contribution in [0.25, 0.3) is 10.6 Å². The highest BCUT2D eigenvalue weighted by atomic mass is 127. The Morgan fingerprint density at radius 3 is 2.54 bits per heavy atom. The molecule has 2 heterocycles. The van der Waals surface area contributed by atoms with Gasteiger partial charge in [-0.3, -0.25) is 0 Å². The molecule has 0 spiro atoms. The van der Waals surface area contributed by atoms with Crippen LogP contribution in [0, 0.1) is 6.72 Å². The summed E-state index contributed by atoms with van der Waals surface area (Å²) in [7, 11) is 0. The van der Waals surface area contributed by atoms with Gasteiger partial charge in [0.05, 0.1) is 0 Å². The number of hydrogen-bond donors (Lipinski definition) is 0. The van der Waals surface area contributed by atoms with Crippen molar-refractivity contribution in [1.82, 2.24) is 15.2 Å². The van der Waals surface area contributed by atoms with Crippen molar-refractivity contribution in [3.05, 3.63) is 25.0 Å². The summed E-state index contributed by atoms with van der Waals surface area (Å²) in [5.41, 5.74) is 1.03. The van der Waals surface area contributed by atoms with Gasteiger partial charge in [0, 0.05) is 11.8 Å². The number of hydrogen-bond acceptors (Lipinski definition) is 4. The first kappa shape index (κ1) is 9.71. The second kappa shape index (κ2) is 4.13. The Kier molecular flexibility index (Phi) is 3.09. The SMILES string of the molecule is Ic1ccc(-c2nnc(I)s2)cn1. The Balaban J connectivity index is 2.41. The molecule has 3 nitrogen and oxygen atoms in total. The number of nitrogens with zero attached hydrogens (tertiary/aromatic N) is 3. The van der Waals surface area contributed by atoms with Crippen LogP contribution in [0.5, 0.6) is 0 Å². The van der Waals surface area contributed by atoms with Gasteiger partial charge in [-0.25, -0.2) is 4.98 Å². The van der Waals surface area contributed by atoms with Gasteiger partial charge in [-0.05, 0) is 57.3 Å². The Bertz CT molecular complexity index is 412. The van der Waals surface area contributed by atoms with Gasteiger partial charge >= 0.3 is 0 Å². The molecule has 0 atom stereocenters. The molecule has 0 aliphatic heterocycles. The number of rotatable bonds is 1. The Morgan fingerprint density at radius 2 is 2.00 bits per heavy atom. The van der Waals surface area contributed by atoms with E-state index in [2.05, 4.69) is 60.4 Å². The molecule has 0 aliphatic rings. The molecule has 0 unspecified atom stereocenters. The highest BCUT2D eigenvalue weighted by Crippen LogP contribution is 2.23. The molecule has 66 valence electrons. The van der Waals surface area contributed by atoms with Gasteiger partial charge in [0.15, 0.2) is 3.01 Å². The van der Waals surface area contributed by atoms with Gasteiger partial charge in [-0.2, -0.15) is 0 Å². The molecule has 0 saturated heterocycles. The molecule has 0 aliphatic carbocycles. The first-order valence-corrected chi connectivity index (χ1v) is 6.34. The molecule has 0 amide bonds. The molecule has 0 N–H and O–H groups in total. The third kappa shape index (κ3) is 2.34. The lowest BCUT2D eigenvalue weighted by Crippen LogP contribution is -1.81. The van der Waals surface area contributed by atoms with Gasteiger partial charge in [0.2, 0.25) is 0 Å². The summed E-state index contributed by atoms with van der Waals surface area (Å²) in [6, 6.07) is 3.97. The van der Waals surface area contributed by atoms with Crippen LogP contribution in [0.1, 0.15) is 0 Å². The molecule has 0 fully saturated rings. The minimum absolute atomic E-state index is 0.924. The molecular formula is C7H3I2N3S. The predicted octanol–water partition coefficient (Wildman–Crippen LogP) is 2.81. The van der Waals surface area contributed by atoms with Gasteiger partial charge in [-0.1, -0.05) is 11.3 Å². The Labute approximate surface area is 106 Å². The van der Waals surface area contributed by atoms with Crippen molar-refractivity contribution < 1.29 is 0 Å². The summed E-state index contributed by atoms with van der Waals surface area (Å²) < 4.78 is 1.94. The molecule has 0 bridgehead atoms. The average Bonchev–Trinajstić information content (AvgIpc) is 2.53. The molecule has 0 saturated carbocycles. The summed E-state index contributed by atoms with van der Waals surface area (Å²) in [6.45, 7) is 0. The highest BCUT2D eigenvalue weighted by Gasteiger charge is 2.04. The zero-order valence-corrected chi connectivity index (χ0v) is 11.4. The van der Waals surface area contributed by atoms with E-state index in [0.29, 0.717) is 0 Å². The quantitative estimate of drug-likeness (QED) is 0.532. The molecule has 2 aromatic heterocycles. The minimum atomic E-state index is 0.924. The molecule has 13 heavy (non-hydrogen) atoms. The molecule has 0 radical (unpaired) electrons. The zero-order chi connectivity index (χ0) is 9.26. The maximum Gasteiger partial charge on any atom is 0.178 e. The molecule has 2 aromatic rings. The molecular weight excluding hydrogens is 412 g/mol. The van der Waals surface area contributed by atoms with E-state index in [9.17, 15) is 0 Å². The second-order valence-electron chi connectivity index (χ2n) is 2.23. The summed E-state index contributed by atoms with van der Waals surface area (Å²) in [6.07, 6.45) is 1.82. The van der Waals surface area contributed by atoms with E-state index in [4.69, 9.17) is 0 Å². The lowest BCUT2D eigenvalue weighted by Gasteiger charge is -1.93. The van der Waals surface area contributed by atoms with Crippen molar-refractivity contribution in [2.75, 3.05) is 0 Å². The topological polar surface area (TPSA) is 38.7 Å². The fraction of sp³-hybridized carbons (Fsp3) is 0. The van der Waals surface area contributed by atoms with Crippen molar-refractivity contribution in [1.29, 1.82) is 0 Å². The highest BCUT2D eigenvalue weighted by molar-refractivity contribution is 14.1. The first-order valence-electron chi connectivity index (χ1n) is 3.36. The Morgan fingerprint density at radius 1 is 1.15 bits per heavy atom. The zero-order valence-electron chi connectivity index (χ0n) is 6.24. The predicted molar refractivity (Wildman–Crippen MR) is 68.6 cm³/mol. The van der Waals surface area contributed by atoms with Crippen LogP contribution < -0.4 is 0 Å². The molecule has 2 rings (SSSR count). The smallest absolute Gasteiger partial charge is 0.178 e. The normalized spacial score (nSPS) is 10.3. The van der Waals surface area contributed by atoms with Crippen LogP contribution in [0.15, 0.2) is 18.3 Å². The van der Waals surface area contributed by atoms with E-state index in [1.54, 1.807) is 11.3 Å². The summed E-state index contributed by atoms with van der Waals surface area (Å²) in [4.78, 5) is 4.19. The third-order valence-corrected chi connectivity index (χ3v) is 3.65. The first-order chi connectivity index (χ1) is 6.25. The molecule has 0 aromatic carbocycles. The summed E-state index contributed by atoms with van der Waals surface area (Å²) in [5, 5.41) is 8.90. The maximum absolute atomic E-state index is 4.19. The van der Waals surface area contributed by atoms with Crippen LogP contribution in [-0.4, -0.2) is 15.2 Å². The lowest BCUT2D eigenvalue weighted by molar-refractivity contribution is 1.07. The number of pyridine rings is 1. The van der Waals surface area contributed by atoms with Crippen LogP contribution in [-0.2, 0) is 0 Å². The lowest BCUT2D eigenvalue weighted by atomic mass is 10.3. The second-order valence-corrected chi connectivity index (χ2v) is 6.07. The monoisotopic (exact) mass is 415 g/mol.